The molecule has 4 saturated carbocycles. The first-order valence-electron chi connectivity index (χ1n) is 17.0. The van der Waals surface area contributed by atoms with E-state index in [0.717, 1.165) is 0 Å². The molecule has 4 aliphatic carbocycles. The molecule has 9 N–H and O–H groups in total. The van der Waals surface area contributed by atoms with E-state index < -0.39 is 144 Å². The second kappa shape index (κ2) is 21.2. The molecule has 0 spiro atoms. The van der Waals surface area contributed by atoms with Gasteiger partial charge in [-0.2, -0.15) is 10.2 Å². The van der Waals surface area contributed by atoms with Gasteiger partial charge in [-0.15, -0.1) is 0 Å². The average Bonchev–Trinajstić information content (AvgIpc) is 3.02. The molecule has 5 aliphatic rings. The number of hydrogen-bond acceptors (Lipinski definition) is 20. The molecule has 298 valence electrons. The number of rotatable bonds is 11. The number of hydrogen-bond donors (Lipinski definition) is 9. The van der Waals surface area contributed by atoms with Crippen LogP contribution in [0.2, 0.25) is 0 Å². The fraction of sp³-hybridized carbons (Fsp3) is 0.926. The smallest absolute Gasteiger partial charge is 0.748 e. The summed E-state index contributed by atoms with van der Waals surface area (Å²) in [7, 11) is -14.8. The molecule has 0 radical (unpaired) electrons. The standard InChI is InChI=1S/C27H47N7O15S3.3Na/c35-22-20-12(8-19(52(47,48)49)21(22)34-33-17-7-11(23(36)37)4-5-16(17)24(38)39)6-15(51(44,45)46)10-18(20)29-26-30-25(31-27(40)32-26)28-13-2-1-3-14(9-13)50(41,42)43;;;/h11-22,25-32,35,40H,1-10H2,(H,36,37)(H,38,39)(H,41,42,43)(H,44,45,46)(H,47,48,49);;;/q;3*+1/p-3. The van der Waals surface area contributed by atoms with Gasteiger partial charge in [0, 0.05) is 18.0 Å². The third-order valence-corrected chi connectivity index (χ3v) is 14.8. The molecule has 0 aromatic heterocycles. The molecule has 1 heterocycles. The van der Waals surface area contributed by atoms with Gasteiger partial charge in [-0.1, -0.05) is 6.42 Å². The summed E-state index contributed by atoms with van der Waals surface area (Å²) in [6.45, 7) is 0. The second-order valence-corrected chi connectivity index (χ2v) is 19.3. The van der Waals surface area contributed by atoms with E-state index in [9.17, 15) is 68.9 Å². The van der Waals surface area contributed by atoms with E-state index in [4.69, 9.17) is 0 Å². The van der Waals surface area contributed by atoms with Crippen molar-refractivity contribution < 1.29 is 158 Å². The Hall–Kier alpha value is 0.990. The van der Waals surface area contributed by atoms with Crippen molar-refractivity contribution in [3.63, 3.8) is 0 Å². The summed E-state index contributed by atoms with van der Waals surface area (Å²) in [6, 6.07) is -4.54. The van der Waals surface area contributed by atoms with E-state index in [1.54, 1.807) is 0 Å². The van der Waals surface area contributed by atoms with Crippen LogP contribution in [0.3, 0.4) is 0 Å². The van der Waals surface area contributed by atoms with Crippen molar-refractivity contribution in [2.24, 2.45) is 33.9 Å². The average molecular weight is 872 g/mol. The molecule has 15 atom stereocenters. The van der Waals surface area contributed by atoms with Crippen LogP contribution in [-0.2, 0) is 39.9 Å². The number of aliphatic carboxylic acids is 2. The third-order valence-electron chi connectivity index (χ3n) is 11.2. The topological polar surface area (TPSA) is 372 Å². The molecule has 0 bridgehead atoms. The molecule has 28 heteroatoms. The first-order chi connectivity index (χ1) is 24.1. The molecule has 0 aromatic carbocycles. The molecule has 5 rings (SSSR count). The minimum absolute atomic E-state index is 0. The summed E-state index contributed by atoms with van der Waals surface area (Å²) in [5.74, 6) is -6.70. The number of nitrogens with one attached hydrogen (secondary N) is 5. The number of carbonyl (C=O) groups is 2. The Bertz CT molecular complexity index is 1700. The van der Waals surface area contributed by atoms with Crippen LogP contribution in [0.1, 0.15) is 64.2 Å². The zero-order chi connectivity index (χ0) is 38.3. The van der Waals surface area contributed by atoms with Crippen LogP contribution in [0.4, 0.5) is 0 Å². The number of carboxylic acid groups (broad SMARTS) is 2. The van der Waals surface area contributed by atoms with Gasteiger partial charge in [0.15, 0.2) is 6.35 Å². The molecule has 1 aliphatic heterocycles. The maximum atomic E-state index is 12.5. The van der Waals surface area contributed by atoms with E-state index in [-0.39, 0.29) is 127 Å². The summed E-state index contributed by atoms with van der Waals surface area (Å²) >= 11 is 0. The van der Waals surface area contributed by atoms with E-state index in [1.807, 2.05) is 0 Å². The molecule has 1 saturated heterocycles. The first-order valence-corrected chi connectivity index (χ1v) is 21.4. The summed E-state index contributed by atoms with van der Waals surface area (Å²) in [5.41, 5.74) is 0. The Kier molecular flexibility index (Phi) is 20.1. The van der Waals surface area contributed by atoms with Gasteiger partial charge in [0.05, 0.1) is 70.1 Å². The Morgan fingerprint density at radius 3 is 1.85 bits per heavy atom. The van der Waals surface area contributed by atoms with E-state index in [1.165, 1.54) is 0 Å². The molecule has 5 fully saturated rings. The van der Waals surface area contributed by atoms with Crippen molar-refractivity contribution in [1.82, 2.24) is 26.6 Å². The summed E-state index contributed by atoms with van der Waals surface area (Å²) in [5, 5.41) is 59.4. The summed E-state index contributed by atoms with van der Waals surface area (Å²) in [4.78, 5) is 23.6. The fourth-order valence-electron chi connectivity index (χ4n) is 8.64. The zero-order valence-corrected chi connectivity index (χ0v) is 39.1. The third kappa shape index (κ3) is 13.5. The minimum atomic E-state index is -5.26. The number of carboxylic acids is 2. The molecule has 0 aromatic rings. The van der Waals surface area contributed by atoms with Crippen molar-refractivity contribution in [3.05, 3.63) is 0 Å². The van der Waals surface area contributed by atoms with Crippen molar-refractivity contribution in [1.29, 1.82) is 0 Å². The van der Waals surface area contributed by atoms with Crippen LogP contribution in [0, 0.1) is 23.7 Å². The molecule has 0 amide bonds. The number of aliphatic hydroxyl groups excluding tert-OH is 2. The van der Waals surface area contributed by atoms with Crippen LogP contribution in [0.5, 0.6) is 0 Å². The Morgan fingerprint density at radius 2 is 1.29 bits per heavy atom. The number of nitrogens with zero attached hydrogens (tertiary/aromatic N) is 2. The largest absolute Gasteiger partial charge is 1.00 e. The molecular weight excluding hydrogens is 828 g/mol. The van der Waals surface area contributed by atoms with E-state index in [0.29, 0.717) is 12.8 Å². The van der Waals surface area contributed by atoms with E-state index >= 15 is 0 Å². The minimum Gasteiger partial charge on any atom is -0.748 e. The van der Waals surface area contributed by atoms with Gasteiger partial charge < -0.3 is 34.1 Å². The van der Waals surface area contributed by atoms with Gasteiger partial charge in [-0.25, -0.2) is 25.3 Å². The Balaban J connectivity index is 0.00000348. The predicted molar refractivity (Wildman–Crippen MR) is 171 cm³/mol. The van der Waals surface area contributed by atoms with Crippen LogP contribution >= 0.6 is 0 Å². The molecule has 15 unspecified atom stereocenters. The first kappa shape index (κ1) is 52.1. The van der Waals surface area contributed by atoms with Gasteiger partial charge in [-0.3, -0.25) is 36.2 Å². The maximum Gasteiger partial charge on any atom is 1.00 e. The van der Waals surface area contributed by atoms with Gasteiger partial charge in [-0.05, 0) is 63.7 Å². The van der Waals surface area contributed by atoms with Crippen LogP contribution < -0.4 is 115 Å². The number of aliphatic hydroxyl groups is 2. The van der Waals surface area contributed by atoms with Crippen molar-refractivity contribution >= 4 is 42.3 Å². The summed E-state index contributed by atoms with van der Waals surface area (Å²) < 4.78 is 109. The van der Waals surface area contributed by atoms with Gasteiger partial charge in [0.2, 0.25) is 0 Å². The van der Waals surface area contributed by atoms with Crippen molar-refractivity contribution in [2.75, 3.05) is 0 Å². The van der Waals surface area contributed by atoms with Gasteiger partial charge in [0.25, 0.3) is 0 Å². The van der Waals surface area contributed by atoms with E-state index in [2.05, 4.69) is 36.8 Å². The second-order valence-electron chi connectivity index (χ2n) is 14.4. The van der Waals surface area contributed by atoms with Crippen molar-refractivity contribution in [3.8, 4) is 0 Å². The molecule has 22 nitrogen and oxygen atoms in total. The normalized spacial score (nSPS) is 40.1. The van der Waals surface area contributed by atoms with Crippen LogP contribution in [0.25, 0.3) is 0 Å². The Morgan fingerprint density at radius 1 is 0.673 bits per heavy atom. The van der Waals surface area contributed by atoms with Gasteiger partial charge in [0.1, 0.15) is 18.6 Å². The van der Waals surface area contributed by atoms with Gasteiger partial charge >= 0.3 is 101 Å². The van der Waals surface area contributed by atoms with Crippen LogP contribution in [0.15, 0.2) is 10.2 Å². The fourth-order valence-corrected chi connectivity index (χ4v) is 11.5. The number of azo groups is 1. The number of fused-ring (bicyclic) bond motifs is 1. The Labute approximate surface area is 385 Å². The molecular formula is C27H44N7Na3O15S3. The molecule has 55 heavy (non-hydrogen) atoms. The van der Waals surface area contributed by atoms with Crippen LogP contribution in [-0.4, -0.2) is 136 Å². The monoisotopic (exact) mass is 871 g/mol. The predicted octanol–water partition coefficient (Wildman–Crippen LogP) is -12.6. The maximum absolute atomic E-state index is 12.5. The SMILES string of the molecule is O=C(O)C1CCC(C(=O)O)C(N=NC2C(O)C3C(CC(S(=O)(=O)[O-])CC3NC3NC(O)NC(NC4CCCC(S(=O)(=O)[O-])C4)N3)CC2S(=O)(=O)[O-])C1.[Na+].[Na+].[Na+]. The quantitative estimate of drug-likeness (QED) is 0.0529. The zero-order valence-electron chi connectivity index (χ0n) is 30.6. The summed E-state index contributed by atoms with van der Waals surface area (Å²) in [6.07, 6.45) is -5.61. The van der Waals surface area contributed by atoms with Crippen molar-refractivity contribution in [2.45, 2.75) is 129 Å².